The number of nitrogens with zero attached hydrogens (tertiary/aromatic N) is 2. The molecule has 0 spiro atoms. The van der Waals surface area contributed by atoms with Crippen LogP contribution >= 0.6 is 11.8 Å². The van der Waals surface area contributed by atoms with E-state index in [2.05, 4.69) is 39.8 Å². The Morgan fingerprint density at radius 3 is 2.58 bits per heavy atom. The van der Waals surface area contributed by atoms with Crippen LogP contribution in [0.2, 0.25) is 0 Å². The fraction of sp³-hybridized carbons (Fsp3) is 0.474. The van der Waals surface area contributed by atoms with E-state index in [4.69, 9.17) is 5.11 Å². The minimum Gasteiger partial charge on any atom is -0.481 e. The van der Waals surface area contributed by atoms with Crippen molar-refractivity contribution in [2.75, 3.05) is 0 Å². The van der Waals surface area contributed by atoms with Gasteiger partial charge in [0.15, 0.2) is 5.17 Å². The number of carbonyl (C=O) groups excluding carboxylic acids is 1. The monoisotopic (exact) mass is 373 g/mol. The zero-order valence-electron chi connectivity index (χ0n) is 14.8. The Balaban J connectivity index is 1.64. The Morgan fingerprint density at radius 1 is 1.23 bits per heavy atom. The normalized spacial score (nSPS) is 23.3. The molecule has 1 saturated carbocycles. The van der Waals surface area contributed by atoms with Gasteiger partial charge in [-0.05, 0) is 36.8 Å². The predicted molar refractivity (Wildman–Crippen MR) is 104 cm³/mol. The number of hydrogen-bond acceptors (Lipinski definition) is 5. The van der Waals surface area contributed by atoms with Crippen molar-refractivity contribution >= 4 is 34.5 Å². The fourth-order valence-corrected chi connectivity index (χ4v) is 4.26. The molecule has 138 valence electrons. The van der Waals surface area contributed by atoms with Crippen LogP contribution < -0.4 is 5.32 Å². The van der Waals surface area contributed by atoms with E-state index in [1.807, 2.05) is 6.92 Å². The van der Waals surface area contributed by atoms with Crippen LogP contribution in [0.3, 0.4) is 0 Å². The summed E-state index contributed by atoms with van der Waals surface area (Å²) in [5, 5.41) is 19.3. The maximum absolute atomic E-state index is 11.7. The number of aliphatic carboxylic acids is 1. The van der Waals surface area contributed by atoms with Crippen molar-refractivity contribution in [2.45, 2.75) is 56.6 Å². The lowest BCUT2D eigenvalue weighted by atomic mass is 9.84. The molecule has 2 N–H and O–H groups in total. The molecular weight excluding hydrogens is 350 g/mol. The molecule has 0 aromatic heterocycles. The molecule has 1 aliphatic heterocycles. The first-order valence-corrected chi connectivity index (χ1v) is 9.83. The van der Waals surface area contributed by atoms with E-state index >= 15 is 0 Å². The number of carboxylic acids is 1. The van der Waals surface area contributed by atoms with Gasteiger partial charge in [-0.2, -0.15) is 5.10 Å². The van der Waals surface area contributed by atoms with Crippen molar-refractivity contribution in [3.05, 3.63) is 35.4 Å². The van der Waals surface area contributed by atoms with Gasteiger partial charge in [0.05, 0.1) is 12.1 Å². The van der Waals surface area contributed by atoms with Gasteiger partial charge >= 0.3 is 5.97 Å². The van der Waals surface area contributed by atoms with Crippen LogP contribution in [-0.4, -0.2) is 33.1 Å². The molecule has 1 amide bonds. The molecule has 0 radical (unpaired) electrons. The van der Waals surface area contributed by atoms with E-state index in [1.54, 1.807) is 0 Å². The maximum atomic E-state index is 11.7. The molecule has 7 heteroatoms. The van der Waals surface area contributed by atoms with Crippen molar-refractivity contribution < 1.29 is 14.7 Å². The van der Waals surface area contributed by atoms with Crippen LogP contribution in [0.15, 0.2) is 34.5 Å². The van der Waals surface area contributed by atoms with Gasteiger partial charge in [-0.15, -0.1) is 5.10 Å². The van der Waals surface area contributed by atoms with Crippen molar-refractivity contribution in [1.82, 2.24) is 5.32 Å². The first-order valence-electron chi connectivity index (χ1n) is 8.95. The quantitative estimate of drug-likeness (QED) is 0.610. The third kappa shape index (κ3) is 4.72. The molecule has 6 nitrogen and oxygen atoms in total. The molecule has 1 heterocycles. The Labute approximate surface area is 157 Å². The Kier molecular flexibility index (Phi) is 6.08. The number of thioether (sulfide) groups is 1. The van der Waals surface area contributed by atoms with Gasteiger partial charge in [0, 0.05) is 0 Å². The van der Waals surface area contributed by atoms with Gasteiger partial charge in [-0.3, -0.25) is 9.59 Å². The van der Waals surface area contributed by atoms with Crippen LogP contribution in [0.25, 0.3) is 0 Å². The molecule has 0 bridgehead atoms. The highest BCUT2D eigenvalue weighted by molar-refractivity contribution is 8.15. The molecule has 2 fully saturated rings. The summed E-state index contributed by atoms with van der Waals surface area (Å²) >= 11 is 1.11. The minimum absolute atomic E-state index is 0.221. The second-order valence-corrected chi connectivity index (χ2v) is 7.93. The average molecular weight is 373 g/mol. The third-order valence-electron chi connectivity index (χ3n) is 4.83. The number of amides is 1. The summed E-state index contributed by atoms with van der Waals surface area (Å²) in [5.74, 6) is -0.663. The second-order valence-electron chi connectivity index (χ2n) is 6.74. The summed E-state index contributed by atoms with van der Waals surface area (Å²) in [6.45, 7) is 1.87. The first-order chi connectivity index (χ1) is 12.5. The summed E-state index contributed by atoms with van der Waals surface area (Å²) in [6, 6.07) is 8.48. The highest BCUT2D eigenvalue weighted by Gasteiger charge is 2.32. The molecule has 1 saturated heterocycles. The van der Waals surface area contributed by atoms with E-state index in [-0.39, 0.29) is 12.3 Å². The lowest BCUT2D eigenvalue weighted by molar-refractivity contribution is -0.138. The van der Waals surface area contributed by atoms with E-state index in [9.17, 15) is 9.59 Å². The number of carbonyl (C=O) groups is 2. The molecule has 1 unspecified atom stereocenters. The van der Waals surface area contributed by atoms with Crippen LogP contribution in [0.5, 0.6) is 0 Å². The number of amidine groups is 1. The number of rotatable bonds is 5. The smallest absolute Gasteiger partial charge is 0.305 e. The largest absolute Gasteiger partial charge is 0.481 e. The number of nitrogens with one attached hydrogen (secondary N) is 1. The van der Waals surface area contributed by atoms with Crippen LogP contribution in [0.1, 0.15) is 62.5 Å². The second kappa shape index (κ2) is 8.49. The van der Waals surface area contributed by atoms with E-state index in [1.165, 1.54) is 37.7 Å². The van der Waals surface area contributed by atoms with Gasteiger partial charge in [0.2, 0.25) is 5.91 Å². The molecule has 1 aromatic rings. The van der Waals surface area contributed by atoms with Crippen LogP contribution in [-0.2, 0) is 9.59 Å². The lowest BCUT2D eigenvalue weighted by Crippen LogP contribution is -2.26. The van der Waals surface area contributed by atoms with Gasteiger partial charge in [-0.25, -0.2) is 0 Å². The lowest BCUT2D eigenvalue weighted by Gasteiger charge is -2.22. The molecule has 26 heavy (non-hydrogen) atoms. The van der Waals surface area contributed by atoms with Crippen LogP contribution in [0.4, 0.5) is 0 Å². The van der Waals surface area contributed by atoms with Gasteiger partial charge in [0.25, 0.3) is 0 Å². The highest BCUT2D eigenvalue weighted by Crippen LogP contribution is 2.32. The Bertz CT molecular complexity index is 737. The minimum atomic E-state index is -1.00. The fourth-order valence-electron chi connectivity index (χ4n) is 3.36. The summed E-state index contributed by atoms with van der Waals surface area (Å²) in [4.78, 5) is 22.4. The Hall–Kier alpha value is -2.15. The summed E-state index contributed by atoms with van der Waals surface area (Å²) in [5.41, 5.74) is 3.14. The van der Waals surface area contributed by atoms with Gasteiger partial charge in [-0.1, -0.05) is 55.3 Å². The molecule has 2 aliphatic rings. The SMILES string of the molecule is C/C(=N/N=C1/NC(=O)C(CC(=O)O)S1)c1ccc(C2CCCCC2)cc1. The zero-order chi connectivity index (χ0) is 18.5. The van der Waals surface area contributed by atoms with E-state index < -0.39 is 11.2 Å². The summed E-state index contributed by atoms with van der Waals surface area (Å²) < 4.78 is 0. The number of hydrogen-bond donors (Lipinski definition) is 2. The molecule has 1 aromatic carbocycles. The predicted octanol–water partition coefficient (Wildman–Crippen LogP) is 3.52. The number of benzene rings is 1. The van der Waals surface area contributed by atoms with E-state index in [0.717, 1.165) is 23.0 Å². The maximum Gasteiger partial charge on any atom is 0.305 e. The molecule has 1 aliphatic carbocycles. The molecule has 1 atom stereocenters. The Morgan fingerprint density at radius 2 is 1.92 bits per heavy atom. The summed E-state index contributed by atoms with van der Waals surface area (Å²) in [6.07, 6.45) is 6.31. The van der Waals surface area contributed by atoms with Gasteiger partial charge in [0.1, 0.15) is 5.25 Å². The number of carboxylic acid groups (broad SMARTS) is 1. The summed E-state index contributed by atoms with van der Waals surface area (Å²) in [7, 11) is 0. The van der Waals surface area contributed by atoms with Crippen molar-refractivity contribution in [3.63, 3.8) is 0 Å². The van der Waals surface area contributed by atoms with Crippen LogP contribution in [0, 0.1) is 0 Å². The first kappa shape index (κ1) is 18.6. The van der Waals surface area contributed by atoms with Crippen molar-refractivity contribution in [3.8, 4) is 0 Å². The van der Waals surface area contributed by atoms with Crippen molar-refractivity contribution in [1.29, 1.82) is 0 Å². The highest BCUT2D eigenvalue weighted by atomic mass is 32.2. The average Bonchev–Trinajstić information content (AvgIpc) is 2.99. The van der Waals surface area contributed by atoms with Crippen molar-refractivity contribution in [2.24, 2.45) is 10.2 Å². The topological polar surface area (TPSA) is 91.1 Å². The standard InChI is InChI=1S/C19H23N3O3S/c1-12(21-22-19-20-18(25)16(26-19)11-17(23)24)13-7-9-15(10-8-13)14-5-3-2-4-6-14/h7-10,14,16H,2-6,11H2,1H3,(H,23,24)(H,20,22,25)/b21-12-. The zero-order valence-corrected chi connectivity index (χ0v) is 15.6. The van der Waals surface area contributed by atoms with E-state index in [0.29, 0.717) is 11.1 Å². The third-order valence-corrected chi connectivity index (χ3v) is 5.90. The molecule has 3 rings (SSSR count). The molecular formula is C19H23N3O3S. The van der Waals surface area contributed by atoms with Gasteiger partial charge < -0.3 is 10.4 Å².